The third kappa shape index (κ3) is 8.25. The number of amides is 2. The van der Waals surface area contributed by atoms with Gasteiger partial charge in [0.15, 0.2) is 5.69 Å². The van der Waals surface area contributed by atoms with Gasteiger partial charge in [-0.25, -0.2) is 19.7 Å². The predicted octanol–water partition coefficient (Wildman–Crippen LogP) is 5.68. The Labute approximate surface area is 238 Å². The zero-order chi connectivity index (χ0) is 29.8. The molecule has 1 unspecified atom stereocenters. The average Bonchev–Trinajstić information content (AvgIpc) is 3.27. The molecule has 0 spiro atoms. The molecule has 0 saturated carbocycles. The molecule has 4 rings (SSSR count). The first-order chi connectivity index (χ1) is 19.3. The number of likely N-dealkylation sites (tertiary alicyclic amines) is 1. The zero-order valence-electron chi connectivity index (χ0n) is 22.9. The lowest BCUT2D eigenvalue weighted by Gasteiger charge is -2.33. The second-order valence-corrected chi connectivity index (χ2v) is 11.2. The summed E-state index contributed by atoms with van der Waals surface area (Å²) in [6.45, 7) is 8.69. The van der Waals surface area contributed by atoms with Gasteiger partial charge >= 0.3 is 12.3 Å². The number of alkyl halides is 3. The van der Waals surface area contributed by atoms with Crippen LogP contribution in [0.25, 0.3) is 0 Å². The summed E-state index contributed by atoms with van der Waals surface area (Å²) in [7, 11) is 0. The first kappa shape index (κ1) is 30.0. The van der Waals surface area contributed by atoms with Crippen molar-refractivity contribution >= 4 is 40.0 Å². The molecule has 1 aliphatic heterocycles. The van der Waals surface area contributed by atoms with E-state index in [2.05, 4.69) is 30.0 Å². The number of hydrogen-bond donors (Lipinski definition) is 2. The highest BCUT2D eigenvalue weighted by atomic mass is 32.1. The van der Waals surface area contributed by atoms with Gasteiger partial charge in [0.1, 0.15) is 16.4 Å². The number of carbonyl (C=O) groups is 2. The molecule has 0 bridgehead atoms. The van der Waals surface area contributed by atoms with Gasteiger partial charge in [0.25, 0.3) is 5.91 Å². The fourth-order valence-electron chi connectivity index (χ4n) is 4.01. The topological polar surface area (TPSA) is 131 Å². The van der Waals surface area contributed by atoms with E-state index in [-0.39, 0.29) is 23.4 Å². The zero-order valence-corrected chi connectivity index (χ0v) is 23.7. The molecule has 1 saturated heterocycles. The Morgan fingerprint density at radius 2 is 1.90 bits per heavy atom. The molecule has 1 aliphatic rings. The van der Waals surface area contributed by atoms with Crippen LogP contribution >= 0.6 is 11.5 Å². The highest BCUT2D eigenvalue weighted by molar-refractivity contribution is 7.10. The average molecular weight is 594 g/mol. The van der Waals surface area contributed by atoms with E-state index in [4.69, 9.17) is 9.47 Å². The number of carbonyl (C=O) groups excluding carboxylic acids is 2. The highest BCUT2D eigenvalue weighted by Gasteiger charge is 2.33. The Morgan fingerprint density at radius 1 is 1.12 bits per heavy atom. The number of rotatable bonds is 7. The van der Waals surface area contributed by atoms with Gasteiger partial charge in [0.2, 0.25) is 5.88 Å². The summed E-state index contributed by atoms with van der Waals surface area (Å²) in [5, 5.41) is 5.84. The van der Waals surface area contributed by atoms with Crippen molar-refractivity contribution in [3.63, 3.8) is 0 Å². The highest BCUT2D eigenvalue weighted by Crippen LogP contribution is 2.30. The number of pyridine rings is 1. The Kier molecular flexibility index (Phi) is 8.95. The van der Waals surface area contributed by atoms with E-state index in [9.17, 15) is 22.8 Å². The van der Waals surface area contributed by atoms with Crippen molar-refractivity contribution in [3.8, 4) is 5.88 Å². The second kappa shape index (κ2) is 12.2. The number of piperidine rings is 1. The maximum absolute atomic E-state index is 13.0. The molecule has 220 valence electrons. The molecule has 41 heavy (non-hydrogen) atoms. The normalized spacial score (nSPS) is 15.8. The number of hydrogen-bond acceptors (Lipinski definition) is 10. The Hall–Kier alpha value is -4.01. The number of aromatic nitrogens is 4. The minimum atomic E-state index is -4.61. The van der Waals surface area contributed by atoms with Crippen LogP contribution in [-0.4, -0.2) is 61.5 Å². The van der Waals surface area contributed by atoms with Crippen LogP contribution in [0.1, 0.15) is 55.4 Å². The van der Waals surface area contributed by atoms with Crippen molar-refractivity contribution in [1.29, 1.82) is 0 Å². The Morgan fingerprint density at radius 3 is 2.54 bits per heavy atom. The third-order valence-electron chi connectivity index (χ3n) is 5.91. The molecule has 1 fully saturated rings. The maximum atomic E-state index is 13.0. The second-order valence-electron chi connectivity index (χ2n) is 10.5. The van der Waals surface area contributed by atoms with E-state index in [1.165, 1.54) is 6.20 Å². The van der Waals surface area contributed by atoms with Crippen LogP contribution in [0.5, 0.6) is 5.88 Å². The molecule has 3 aromatic rings. The van der Waals surface area contributed by atoms with Crippen molar-refractivity contribution in [2.75, 3.05) is 30.3 Å². The van der Waals surface area contributed by atoms with Crippen LogP contribution < -0.4 is 15.4 Å². The van der Waals surface area contributed by atoms with Gasteiger partial charge < -0.3 is 25.0 Å². The fraction of sp³-hybridized carbons (Fsp3) is 0.462. The van der Waals surface area contributed by atoms with Crippen LogP contribution in [0.2, 0.25) is 0 Å². The van der Waals surface area contributed by atoms with Gasteiger partial charge in [0.05, 0.1) is 42.1 Å². The van der Waals surface area contributed by atoms with Crippen molar-refractivity contribution in [2.45, 2.75) is 52.3 Å². The smallest absolute Gasteiger partial charge is 0.434 e. The van der Waals surface area contributed by atoms with E-state index >= 15 is 0 Å². The van der Waals surface area contributed by atoms with Crippen LogP contribution in [0.15, 0.2) is 30.7 Å². The molecule has 3 aromatic heterocycles. The Balaban J connectivity index is 1.32. The summed E-state index contributed by atoms with van der Waals surface area (Å²) in [4.78, 5) is 38.4. The van der Waals surface area contributed by atoms with Crippen LogP contribution in [0.4, 0.5) is 34.5 Å². The van der Waals surface area contributed by atoms with Crippen molar-refractivity contribution in [3.05, 3.63) is 47.7 Å². The van der Waals surface area contributed by atoms with Crippen LogP contribution in [-0.2, 0) is 10.9 Å². The summed E-state index contributed by atoms with van der Waals surface area (Å²) < 4.78 is 53.7. The number of aryl methyl sites for hydroxylation is 1. The minimum absolute atomic E-state index is 0.0334. The van der Waals surface area contributed by atoms with Gasteiger partial charge in [-0.2, -0.15) is 17.5 Å². The van der Waals surface area contributed by atoms with E-state index in [1.807, 2.05) is 20.8 Å². The monoisotopic (exact) mass is 593 g/mol. The molecule has 4 heterocycles. The summed E-state index contributed by atoms with van der Waals surface area (Å²) in [6.07, 6.45) is -0.181. The van der Waals surface area contributed by atoms with Gasteiger partial charge in [-0.15, -0.1) is 0 Å². The Bertz CT molecular complexity index is 1360. The quantitative estimate of drug-likeness (QED) is 0.355. The van der Waals surface area contributed by atoms with Gasteiger partial charge in [-0.3, -0.25) is 4.79 Å². The van der Waals surface area contributed by atoms with E-state index < -0.39 is 23.4 Å². The lowest BCUT2D eigenvalue weighted by Crippen LogP contribution is -2.44. The lowest BCUT2D eigenvalue weighted by atomic mass is 9.99. The molecule has 2 N–H and O–H groups in total. The van der Waals surface area contributed by atoms with Gasteiger partial charge in [-0.05, 0) is 58.1 Å². The fourth-order valence-corrected chi connectivity index (χ4v) is 4.81. The summed E-state index contributed by atoms with van der Waals surface area (Å²) in [5.41, 5.74) is -0.636. The predicted molar refractivity (Wildman–Crippen MR) is 145 cm³/mol. The minimum Gasteiger partial charge on any atom is -0.477 e. The molecule has 0 radical (unpaired) electrons. The van der Waals surface area contributed by atoms with Crippen LogP contribution in [0, 0.1) is 12.8 Å². The summed E-state index contributed by atoms with van der Waals surface area (Å²) >= 11 is 0.967. The number of ether oxygens (including phenoxy) is 2. The van der Waals surface area contributed by atoms with E-state index in [1.54, 1.807) is 24.0 Å². The number of anilines is 3. The molecule has 2 amide bonds. The first-order valence-electron chi connectivity index (χ1n) is 12.8. The first-order valence-corrected chi connectivity index (χ1v) is 13.6. The van der Waals surface area contributed by atoms with Gasteiger partial charge in [-0.1, -0.05) is 0 Å². The van der Waals surface area contributed by atoms with Crippen molar-refractivity contribution in [2.24, 2.45) is 5.92 Å². The number of nitrogens with zero attached hydrogens (tertiary/aromatic N) is 5. The molecular weight excluding hydrogens is 563 g/mol. The largest absolute Gasteiger partial charge is 0.477 e. The number of halogens is 3. The molecule has 0 aromatic carbocycles. The molecule has 15 heteroatoms. The molecule has 1 atom stereocenters. The molecular formula is C26H30F3N7O4S. The van der Waals surface area contributed by atoms with E-state index in [0.29, 0.717) is 48.2 Å². The number of nitrogens with one attached hydrogen (secondary N) is 2. The van der Waals surface area contributed by atoms with Gasteiger partial charge in [0, 0.05) is 25.1 Å². The summed E-state index contributed by atoms with van der Waals surface area (Å²) in [5.74, 6) is 0.0466. The van der Waals surface area contributed by atoms with Crippen LogP contribution in [0.3, 0.4) is 0 Å². The SMILES string of the molecule is Cc1nsc(Nc2cnc(C(F)(F)F)cn2)c1C(=O)Nc1ccc(OCC2CCCN(C(=O)OC(C)(C)C)C2)nc1. The summed E-state index contributed by atoms with van der Waals surface area (Å²) in [6, 6.07) is 3.26. The van der Waals surface area contributed by atoms with E-state index in [0.717, 1.165) is 30.6 Å². The standard InChI is InChI=1S/C26H30F3N7O4S/c1-15-21(23(41-35-15)34-19-12-30-18(11-31-19)26(27,28)29)22(37)33-17-7-8-20(32-10-17)39-14-16-6-5-9-36(13-16)24(38)40-25(2,3)4/h7-8,10-12,16H,5-6,9,13-14H2,1-4H3,(H,31,34)(H,33,37). The lowest BCUT2D eigenvalue weighted by molar-refractivity contribution is -0.141. The third-order valence-corrected chi connectivity index (χ3v) is 6.76. The molecule has 11 nitrogen and oxygen atoms in total. The van der Waals surface area contributed by atoms with Crippen molar-refractivity contribution in [1.82, 2.24) is 24.2 Å². The van der Waals surface area contributed by atoms with Crippen molar-refractivity contribution < 1.29 is 32.2 Å². The maximum Gasteiger partial charge on any atom is 0.434 e. The molecule has 0 aliphatic carbocycles.